The Bertz CT molecular complexity index is 307. The molecule has 0 fully saturated rings. The van der Waals surface area contributed by atoms with Gasteiger partial charge in [0.15, 0.2) is 0 Å². The summed E-state index contributed by atoms with van der Waals surface area (Å²) in [6.07, 6.45) is 25.0. The van der Waals surface area contributed by atoms with Gasteiger partial charge >= 0.3 is 0 Å². The molecule has 0 aliphatic heterocycles. The Morgan fingerprint density at radius 2 is 0.759 bits per heavy atom. The van der Waals surface area contributed by atoms with E-state index in [1.165, 1.54) is 109 Å². The zero-order valence-electron chi connectivity index (χ0n) is 21.2. The lowest BCUT2D eigenvalue weighted by atomic mass is 9.88. The molecule has 3 atom stereocenters. The highest BCUT2D eigenvalue weighted by atomic mass is 16.3. The van der Waals surface area contributed by atoms with Crippen LogP contribution in [0.3, 0.4) is 0 Å². The van der Waals surface area contributed by atoms with Crippen LogP contribution >= 0.6 is 0 Å². The molecule has 3 unspecified atom stereocenters. The molecule has 0 aliphatic carbocycles. The van der Waals surface area contributed by atoms with Crippen molar-refractivity contribution < 1.29 is 5.11 Å². The van der Waals surface area contributed by atoms with E-state index in [1.807, 2.05) is 0 Å². The van der Waals surface area contributed by atoms with Crippen LogP contribution in [0.5, 0.6) is 0 Å². The summed E-state index contributed by atoms with van der Waals surface area (Å²) in [5.74, 6) is 2.77. The molecule has 0 amide bonds. The SMILES string of the molecule is CCCC(CC)CCCCC(CCC)CCCC(O)CCCC(CCC)CCC. The van der Waals surface area contributed by atoms with E-state index in [-0.39, 0.29) is 6.10 Å². The van der Waals surface area contributed by atoms with Crippen LogP contribution in [0.25, 0.3) is 0 Å². The predicted molar refractivity (Wildman–Crippen MR) is 133 cm³/mol. The Morgan fingerprint density at radius 1 is 0.414 bits per heavy atom. The zero-order valence-corrected chi connectivity index (χ0v) is 21.2. The number of unbranched alkanes of at least 4 members (excludes halogenated alkanes) is 1. The maximum Gasteiger partial charge on any atom is 0.0540 e. The van der Waals surface area contributed by atoms with Crippen LogP contribution < -0.4 is 0 Å². The number of aliphatic hydroxyl groups is 1. The molecule has 0 heterocycles. The Kier molecular flexibility index (Phi) is 21.2. The molecule has 0 aromatic carbocycles. The van der Waals surface area contributed by atoms with Crippen LogP contribution in [0.1, 0.15) is 157 Å². The normalized spacial score (nSPS) is 15.0. The van der Waals surface area contributed by atoms with Crippen LogP contribution in [0.2, 0.25) is 0 Å². The van der Waals surface area contributed by atoms with Gasteiger partial charge in [0.25, 0.3) is 0 Å². The predicted octanol–water partition coefficient (Wildman–Crippen LogP) is 9.71. The van der Waals surface area contributed by atoms with E-state index in [1.54, 1.807) is 0 Å². The van der Waals surface area contributed by atoms with Gasteiger partial charge in [-0.05, 0) is 30.6 Å². The van der Waals surface area contributed by atoms with Crippen molar-refractivity contribution in [3.63, 3.8) is 0 Å². The van der Waals surface area contributed by atoms with Gasteiger partial charge in [-0.1, -0.05) is 144 Å². The minimum Gasteiger partial charge on any atom is -0.393 e. The molecule has 0 spiro atoms. The second-order valence-corrected chi connectivity index (χ2v) is 9.96. The molecule has 176 valence electrons. The first-order valence-electron chi connectivity index (χ1n) is 13.8. The number of rotatable bonds is 22. The zero-order chi connectivity index (χ0) is 21.7. The average molecular weight is 411 g/mol. The summed E-state index contributed by atoms with van der Waals surface area (Å²) < 4.78 is 0. The maximum atomic E-state index is 10.4. The second-order valence-electron chi connectivity index (χ2n) is 9.96. The Labute approximate surface area is 185 Å². The molecule has 0 saturated carbocycles. The second kappa shape index (κ2) is 21.2. The Morgan fingerprint density at radius 3 is 1.17 bits per heavy atom. The van der Waals surface area contributed by atoms with Crippen molar-refractivity contribution in [2.75, 3.05) is 0 Å². The number of hydrogen-bond donors (Lipinski definition) is 1. The van der Waals surface area contributed by atoms with E-state index < -0.39 is 0 Å². The van der Waals surface area contributed by atoms with Gasteiger partial charge in [-0.15, -0.1) is 0 Å². The molecular formula is C28H58O. The van der Waals surface area contributed by atoms with Gasteiger partial charge in [0.1, 0.15) is 0 Å². The number of hydrogen-bond acceptors (Lipinski definition) is 1. The summed E-state index contributed by atoms with van der Waals surface area (Å²) in [6, 6.07) is 0. The van der Waals surface area contributed by atoms with Gasteiger partial charge < -0.3 is 5.11 Å². The van der Waals surface area contributed by atoms with Crippen molar-refractivity contribution in [3.8, 4) is 0 Å². The largest absolute Gasteiger partial charge is 0.393 e. The molecule has 0 saturated heterocycles. The fraction of sp³-hybridized carbons (Fsp3) is 1.00. The van der Waals surface area contributed by atoms with Crippen LogP contribution in [0.15, 0.2) is 0 Å². The molecule has 1 N–H and O–H groups in total. The highest BCUT2D eigenvalue weighted by Gasteiger charge is 2.12. The fourth-order valence-electron chi connectivity index (χ4n) is 5.35. The van der Waals surface area contributed by atoms with Crippen molar-refractivity contribution in [3.05, 3.63) is 0 Å². The molecule has 0 aromatic heterocycles. The quantitative estimate of drug-likeness (QED) is 0.176. The van der Waals surface area contributed by atoms with Gasteiger partial charge in [0, 0.05) is 0 Å². The minimum atomic E-state index is -0.0551. The first-order chi connectivity index (χ1) is 14.1. The third-order valence-corrected chi connectivity index (χ3v) is 7.14. The summed E-state index contributed by atoms with van der Waals surface area (Å²) in [5.41, 5.74) is 0. The van der Waals surface area contributed by atoms with E-state index in [0.717, 1.165) is 30.6 Å². The van der Waals surface area contributed by atoms with Crippen LogP contribution in [-0.2, 0) is 0 Å². The molecule has 0 rings (SSSR count). The van der Waals surface area contributed by atoms with E-state index in [4.69, 9.17) is 0 Å². The van der Waals surface area contributed by atoms with E-state index in [9.17, 15) is 5.11 Å². The van der Waals surface area contributed by atoms with Gasteiger partial charge in [0.05, 0.1) is 6.10 Å². The van der Waals surface area contributed by atoms with E-state index >= 15 is 0 Å². The van der Waals surface area contributed by atoms with E-state index in [2.05, 4.69) is 34.6 Å². The summed E-state index contributed by atoms with van der Waals surface area (Å²) in [7, 11) is 0. The Balaban J connectivity index is 3.93. The van der Waals surface area contributed by atoms with Crippen LogP contribution in [0, 0.1) is 17.8 Å². The molecule has 1 heteroatoms. The summed E-state index contributed by atoms with van der Waals surface area (Å²) in [4.78, 5) is 0. The first kappa shape index (κ1) is 29.0. The van der Waals surface area contributed by atoms with Gasteiger partial charge in [-0.2, -0.15) is 0 Å². The minimum absolute atomic E-state index is 0.0551. The third kappa shape index (κ3) is 17.3. The highest BCUT2D eigenvalue weighted by molar-refractivity contribution is 4.66. The topological polar surface area (TPSA) is 20.2 Å². The molecular weight excluding hydrogens is 352 g/mol. The van der Waals surface area contributed by atoms with Gasteiger partial charge in [0.2, 0.25) is 0 Å². The lowest BCUT2D eigenvalue weighted by Crippen LogP contribution is -2.09. The van der Waals surface area contributed by atoms with Crippen molar-refractivity contribution in [1.82, 2.24) is 0 Å². The fourth-order valence-corrected chi connectivity index (χ4v) is 5.35. The van der Waals surface area contributed by atoms with Crippen molar-refractivity contribution in [2.45, 2.75) is 163 Å². The molecule has 1 nitrogen and oxygen atoms in total. The molecule has 0 radical (unpaired) electrons. The molecule has 0 bridgehead atoms. The lowest BCUT2D eigenvalue weighted by Gasteiger charge is -2.19. The summed E-state index contributed by atoms with van der Waals surface area (Å²) in [5, 5.41) is 10.4. The van der Waals surface area contributed by atoms with Crippen molar-refractivity contribution in [1.29, 1.82) is 0 Å². The van der Waals surface area contributed by atoms with Crippen molar-refractivity contribution >= 4 is 0 Å². The van der Waals surface area contributed by atoms with E-state index in [0.29, 0.717) is 0 Å². The van der Waals surface area contributed by atoms with Crippen LogP contribution in [0.4, 0.5) is 0 Å². The number of aliphatic hydroxyl groups excluding tert-OH is 1. The van der Waals surface area contributed by atoms with Crippen LogP contribution in [-0.4, -0.2) is 11.2 Å². The maximum absolute atomic E-state index is 10.4. The summed E-state index contributed by atoms with van der Waals surface area (Å²) >= 11 is 0. The highest BCUT2D eigenvalue weighted by Crippen LogP contribution is 2.26. The third-order valence-electron chi connectivity index (χ3n) is 7.14. The van der Waals surface area contributed by atoms with Gasteiger partial charge in [-0.25, -0.2) is 0 Å². The van der Waals surface area contributed by atoms with Gasteiger partial charge in [-0.3, -0.25) is 0 Å². The standard InChI is InChI=1S/C28H58O/c1-6-15-25(10-5)19-11-12-20-27(18-9-4)22-14-24-28(29)23-13-21-26(16-7-2)17-8-3/h25-29H,6-24H2,1-5H3. The average Bonchev–Trinajstić information content (AvgIpc) is 2.70. The molecule has 0 aliphatic rings. The first-order valence-corrected chi connectivity index (χ1v) is 13.8. The monoisotopic (exact) mass is 410 g/mol. The molecule has 29 heavy (non-hydrogen) atoms. The van der Waals surface area contributed by atoms with Crippen molar-refractivity contribution in [2.24, 2.45) is 17.8 Å². The summed E-state index contributed by atoms with van der Waals surface area (Å²) in [6.45, 7) is 11.6. The molecule has 0 aromatic rings. The Hall–Kier alpha value is -0.0400. The lowest BCUT2D eigenvalue weighted by molar-refractivity contribution is 0.142. The smallest absolute Gasteiger partial charge is 0.0540 e.